The van der Waals surface area contributed by atoms with Gasteiger partial charge in [0.1, 0.15) is 11.5 Å². The number of aromatic nitrogens is 1. The minimum absolute atomic E-state index is 0.100. The van der Waals surface area contributed by atoms with Crippen LogP contribution in [0.3, 0.4) is 0 Å². The molecule has 0 aliphatic heterocycles. The lowest BCUT2D eigenvalue weighted by Crippen LogP contribution is -2.27. The summed E-state index contributed by atoms with van der Waals surface area (Å²) in [4.78, 5) is 13.0. The Kier molecular flexibility index (Phi) is 4.91. The van der Waals surface area contributed by atoms with Gasteiger partial charge in [-0.3, -0.25) is 4.79 Å². The summed E-state index contributed by atoms with van der Waals surface area (Å²) < 4.78 is 13.2. The normalized spacial score (nSPS) is 15.1. The molecule has 2 aromatic carbocycles. The number of carbonyl (C=O) groups is 1. The summed E-state index contributed by atoms with van der Waals surface area (Å²) in [5, 5.41) is 0.677. The van der Waals surface area contributed by atoms with Gasteiger partial charge in [-0.05, 0) is 47.7 Å². The SMILES string of the molecule is COc1ccc(-n2c(-c3ccc(Cl)cc3)cc3c2CC(C)(C)CC3=O)c(OC)c1. The lowest BCUT2D eigenvalue weighted by Gasteiger charge is -2.30. The summed E-state index contributed by atoms with van der Waals surface area (Å²) in [6, 6.07) is 15.4. The van der Waals surface area contributed by atoms with E-state index in [0.717, 1.165) is 40.4 Å². The first-order valence-electron chi connectivity index (χ1n) is 9.59. The van der Waals surface area contributed by atoms with Crippen molar-refractivity contribution in [3.63, 3.8) is 0 Å². The Morgan fingerprint density at radius 3 is 2.34 bits per heavy atom. The molecule has 1 aromatic heterocycles. The number of hydrogen-bond acceptors (Lipinski definition) is 3. The van der Waals surface area contributed by atoms with E-state index in [1.165, 1.54) is 0 Å². The predicted octanol–water partition coefficient (Wildman–Crippen LogP) is 5.97. The van der Waals surface area contributed by atoms with Crippen LogP contribution in [0.2, 0.25) is 5.02 Å². The molecule has 3 aromatic rings. The lowest BCUT2D eigenvalue weighted by atomic mass is 9.76. The van der Waals surface area contributed by atoms with Crippen LogP contribution in [0, 0.1) is 5.41 Å². The molecule has 4 rings (SSSR count). The van der Waals surface area contributed by atoms with Gasteiger partial charge in [0.25, 0.3) is 0 Å². The first-order valence-corrected chi connectivity index (χ1v) is 9.97. The number of methoxy groups -OCH3 is 2. The molecule has 150 valence electrons. The second-order valence-electron chi connectivity index (χ2n) is 8.21. The fourth-order valence-electron chi connectivity index (χ4n) is 4.09. The van der Waals surface area contributed by atoms with Gasteiger partial charge in [-0.2, -0.15) is 0 Å². The van der Waals surface area contributed by atoms with Gasteiger partial charge in [0.05, 0.1) is 25.6 Å². The Bertz CT molecular complexity index is 1080. The van der Waals surface area contributed by atoms with Crippen molar-refractivity contribution >= 4 is 17.4 Å². The van der Waals surface area contributed by atoms with Crippen LogP contribution in [0.15, 0.2) is 48.5 Å². The van der Waals surface area contributed by atoms with Crippen LogP contribution in [0.4, 0.5) is 0 Å². The molecular formula is C24H24ClNO3. The van der Waals surface area contributed by atoms with Crippen molar-refractivity contribution in [1.82, 2.24) is 4.57 Å². The van der Waals surface area contributed by atoms with E-state index >= 15 is 0 Å². The minimum Gasteiger partial charge on any atom is -0.497 e. The molecular weight excluding hydrogens is 386 g/mol. The number of halogens is 1. The van der Waals surface area contributed by atoms with E-state index in [1.54, 1.807) is 14.2 Å². The maximum Gasteiger partial charge on any atom is 0.165 e. The largest absolute Gasteiger partial charge is 0.497 e. The lowest BCUT2D eigenvalue weighted by molar-refractivity contribution is 0.0911. The third-order valence-corrected chi connectivity index (χ3v) is 5.71. The third kappa shape index (κ3) is 3.53. The number of Topliss-reactive ketones (excluding diaryl/α,β-unsaturated/α-hetero) is 1. The molecule has 5 heteroatoms. The Labute approximate surface area is 176 Å². The summed E-state index contributed by atoms with van der Waals surface area (Å²) in [7, 11) is 3.28. The van der Waals surface area contributed by atoms with E-state index in [0.29, 0.717) is 17.2 Å². The maximum atomic E-state index is 13.0. The van der Waals surface area contributed by atoms with Crippen LogP contribution < -0.4 is 9.47 Å². The van der Waals surface area contributed by atoms with Gasteiger partial charge in [-0.1, -0.05) is 37.6 Å². The second kappa shape index (κ2) is 7.27. The molecule has 1 aliphatic rings. The Morgan fingerprint density at radius 2 is 1.69 bits per heavy atom. The number of benzene rings is 2. The smallest absolute Gasteiger partial charge is 0.165 e. The molecule has 0 spiro atoms. The average Bonchev–Trinajstić information content (AvgIpc) is 3.06. The summed E-state index contributed by atoms with van der Waals surface area (Å²) in [6.07, 6.45) is 1.35. The number of hydrogen-bond donors (Lipinski definition) is 0. The van der Waals surface area contributed by atoms with E-state index in [1.807, 2.05) is 48.5 Å². The number of rotatable bonds is 4. The number of ether oxygens (including phenoxy) is 2. The van der Waals surface area contributed by atoms with Crippen molar-refractivity contribution in [1.29, 1.82) is 0 Å². The average molecular weight is 410 g/mol. The quantitative estimate of drug-likeness (QED) is 0.533. The minimum atomic E-state index is -0.100. The van der Waals surface area contributed by atoms with Gasteiger partial charge in [-0.15, -0.1) is 0 Å². The molecule has 0 atom stereocenters. The van der Waals surface area contributed by atoms with E-state index in [9.17, 15) is 4.79 Å². The molecule has 0 radical (unpaired) electrons. The van der Waals surface area contributed by atoms with Crippen LogP contribution in [-0.2, 0) is 6.42 Å². The zero-order chi connectivity index (χ0) is 20.8. The molecule has 0 saturated carbocycles. The van der Waals surface area contributed by atoms with Crippen molar-refractivity contribution in [2.75, 3.05) is 14.2 Å². The molecule has 1 aliphatic carbocycles. The van der Waals surface area contributed by atoms with Gasteiger partial charge in [-0.25, -0.2) is 0 Å². The van der Waals surface area contributed by atoms with Crippen LogP contribution in [0.1, 0.15) is 36.3 Å². The Balaban J connectivity index is 2.01. The van der Waals surface area contributed by atoms with Crippen LogP contribution >= 0.6 is 11.6 Å². The molecule has 0 amide bonds. The predicted molar refractivity (Wildman–Crippen MR) is 116 cm³/mol. The molecule has 4 nitrogen and oxygen atoms in total. The molecule has 0 N–H and O–H groups in total. The summed E-state index contributed by atoms with van der Waals surface area (Å²) in [5.41, 5.74) is 4.52. The van der Waals surface area contributed by atoms with Crippen LogP contribution in [0.5, 0.6) is 11.5 Å². The van der Waals surface area contributed by atoms with Crippen molar-refractivity contribution in [2.45, 2.75) is 26.7 Å². The summed E-state index contributed by atoms with van der Waals surface area (Å²) >= 11 is 6.10. The van der Waals surface area contributed by atoms with E-state index in [4.69, 9.17) is 21.1 Å². The first-order chi connectivity index (χ1) is 13.8. The monoisotopic (exact) mass is 409 g/mol. The highest BCUT2D eigenvalue weighted by Gasteiger charge is 2.35. The number of fused-ring (bicyclic) bond motifs is 1. The van der Waals surface area contributed by atoms with Gasteiger partial charge in [0, 0.05) is 28.8 Å². The number of ketones is 1. The Morgan fingerprint density at radius 1 is 0.966 bits per heavy atom. The molecule has 29 heavy (non-hydrogen) atoms. The second-order valence-corrected chi connectivity index (χ2v) is 8.65. The summed E-state index contributed by atoms with van der Waals surface area (Å²) in [5.74, 6) is 1.59. The first kappa shape index (κ1) is 19.6. The standard InChI is InChI=1S/C24H24ClNO3/c1-24(2)13-21-18(22(27)14-24)12-20(15-5-7-16(25)8-6-15)26(21)19-10-9-17(28-3)11-23(19)29-4/h5-12H,13-14H2,1-4H3. The van der Waals surface area contributed by atoms with Gasteiger partial charge in [0.15, 0.2) is 5.78 Å². The molecule has 0 fully saturated rings. The zero-order valence-electron chi connectivity index (χ0n) is 17.1. The van der Waals surface area contributed by atoms with Crippen LogP contribution in [0.25, 0.3) is 16.9 Å². The fraction of sp³-hybridized carbons (Fsp3) is 0.292. The van der Waals surface area contributed by atoms with E-state index in [2.05, 4.69) is 18.4 Å². The number of nitrogens with zero attached hydrogens (tertiary/aromatic N) is 1. The molecule has 0 unspecified atom stereocenters. The van der Waals surface area contributed by atoms with Crippen molar-refractivity contribution in [3.8, 4) is 28.4 Å². The highest BCUT2D eigenvalue weighted by atomic mass is 35.5. The highest BCUT2D eigenvalue weighted by molar-refractivity contribution is 6.30. The van der Waals surface area contributed by atoms with Crippen molar-refractivity contribution in [3.05, 3.63) is 64.8 Å². The molecule has 0 saturated heterocycles. The summed E-state index contributed by atoms with van der Waals surface area (Å²) in [6.45, 7) is 4.27. The van der Waals surface area contributed by atoms with Gasteiger partial charge >= 0.3 is 0 Å². The van der Waals surface area contributed by atoms with E-state index < -0.39 is 0 Å². The third-order valence-electron chi connectivity index (χ3n) is 5.46. The fourth-order valence-corrected chi connectivity index (χ4v) is 4.22. The highest BCUT2D eigenvalue weighted by Crippen LogP contribution is 2.42. The number of carbonyl (C=O) groups excluding carboxylic acids is 1. The van der Waals surface area contributed by atoms with E-state index in [-0.39, 0.29) is 11.2 Å². The zero-order valence-corrected chi connectivity index (χ0v) is 17.8. The van der Waals surface area contributed by atoms with Gasteiger partial charge in [0.2, 0.25) is 0 Å². The molecule has 0 bridgehead atoms. The van der Waals surface area contributed by atoms with Crippen LogP contribution in [-0.4, -0.2) is 24.6 Å². The van der Waals surface area contributed by atoms with Crippen molar-refractivity contribution < 1.29 is 14.3 Å². The Hall–Kier alpha value is -2.72. The topological polar surface area (TPSA) is 40.5 Å². The maximum absolute atomic E-state index is 13.0. The van der Waals surface area contributed by atoms with Gasteiger partial charge < -0.3 is 14.0 Å². The van der Waals surface area contributed by atoms with Crippen molar-refractivity contribution in [2.24, 2.45) is 5.41 Å². The molecule has 1 heterocycles.